The molecule has 0 bridgehead atoms. The largest absolute Gasteiger partial charge is 0.395 e. The summed E-state index contributed by atoms with van der Waals surface area (Å²) in [7, 11) is 0. The number of fused-ring (bicyclic) bond motifs is 2. The van der Waals surface area contributed by atoms with Gasteiger partial charge in [0.2, 0.25) is 5.91 Å². The van der Waals surface area contributed by atoms with E-state index in [0.717, 1.165) is 25.9 Å². The number of aliphatic hydroxyl groups is 1. The molecule has 2 aliphatic rings. The van der Waals surface area contributed by atoms with Crippen LogP contribution in [0.1, 0.15) is 47.9 Å². The molecule has 1 heterocycles. The molecule has 0 saturated carbocycles. The number of piperidine rings is 1. The standard InChI is InChI=1S/C25H28N2O2.ClH/c26-21(17-28)11-12-24(29)27-15-13-20(14-16-27)25-22-7-3-1-5-18(22)9-10-19-6-2-4-8-23(19)25;/h1-10,21,28H,11-17,26H2;1H/t21-;/m0./s1. The van der Waals surface area contributed by atoms with Gasteiger partial charge in [0.15, 0.2) is 0 Å². The maximum Gasteiger partial charge on any atom is 0.222 e. The highest BCUT2D eigenvalue weighted by Crippen LogP contribution is 2.38. The number of benzene rings is 2. The van der Waals surface area contributed by atoms with E-state index in [4.69, 9.17) is 10.8 Å². The highest BCUT2D eigenvalue weighted by molar-refractivity contribution is 5.95. The molecule has 0 radical (unpaired) electrons. The Morgan fingerprint density at radius 1 is 0.967 bits per heavy atom. The first-order valence-electron chi connectivity index (χ1n) is 10.4. The van der Waals surface area contributed by atoms with Crippen molar-refractivity contribution in [2.45, 2.75) is 31.7 Å². The first kappa shape index (κ1) is 22.3. The lowest BCUT2D eigenvalue weighted by molar-refractivity contribution is -0.131. The molecule has 1 atom stereocenters. The number of halogens is 1. The summed E-state index contributed by atoms with van der Waals surface area (Å²) in [6, 6.07) is 16.8. The molecular weight excluding hydrogens is 396 g/mol. The number of hydrogen-bond donors (Lipinski definition) is 2. The van der Waals surface area contributed by atoms with E-state index >= 15 is 0 Å². The molecule has 30 heavy (non-hydrogen) atoms. The molecule has 1 saturated heterocycles. The van der Waals surface area contributed by atoms with Gasteiger partial charge in [0.05, 0.1) is 6.61 Å². The zero-order chi connectivity index (χ0) is 20.2. The number of amides is 1. The van der Waals surface area contributed by atoms with Crippen LogP contribution >= 0.6 is 12.4 Å². The van der Waals surface area contributed by atoms with Crippen molar-refractivity contribution in [3.05, 3.63) is 76.4 Å². The summed E-state index contributed by atoms with van der Waals surface area (Å²) >= 11 is 0. The minimum absolute atomic E-state index is 0. The summed E-state index contributed by atoms with van der Waals surface area (Å²) in [6.07, 6.45) is 7.11. The van der Waals surface area contributed by atoms with Crippen LogP contribution in [0, 0.1) is 0 Å². The fourth-order valence-corrected chi connectivity index (χ4v) is 4.28. The van der Waals surface area contributed by atoms with E-state index < -0.39 is 0 Å². The summed E-state index contributed by atoms with van der Waals surface area (Å²) in [5.41, 5.74) is 13.5. The highest BCUT2D eigenvalue weighted by atomic mass is 35.5. The molecule has 4 rings (SSSR count). The van der Waals surface area contributed by atoms with Crippen molar-refractivity contribution < 1.29 is 9.90 Å². The Kier molecular flexibility index (Phi) is 7.48. The van der Waals surface area contributed by atoms with Gasteiger partial charge in [-0.15, -0.1) is 12.4 Å². The number of hydrogen-bond acceptors (Lipinski definition) is 3. The molecule has 1 amide bonds. The predicted octanol–water partition coefficient (Wildman–Crippen LogP) is 4.12. The second-order valence-electron chi connectivity index (χ2n) is 7.85. The molecule has 1 fully saturated rings. The zero-order valence-corrected chi connectivity index (χ0v) is 17.9. The quantitative estimate of drug-likeness (QED) is 0.662. The van der Waals surface area contributed by atoms with E-state index in [9.17, 15) is 4.79 Å². The lowest BCUT2D eigenvalue weighted by atomic mass is 9.86. The average Bonchev–Trinajstić information content (AvgIpc) is 2.94. The summed E-state index contributed by atoms with van der Waals surface area (Å²) in [5.74, 6) is 0.140. The predicted molar refractivity (Wildman–Crippen MR) is 125 cm³/mol. The molecule has 0 aromatic heterocycles. The van der Waals surface area contributed by atoms with Crippen LogP contribution in [0.25, 0.3) is 17.7 Å². The van der Waals surface area contributed by atoms with Crippen molar-refractivity contribution in [1.29, 1.82) is 0 Å². The summed E-state index contributed by atoms with van der Waals surface area (Å²) < 4.78 is 0. The normalized spacial score (nSPS) is 16.3. The first-order chi connectivity index (χ1) is 14.2. The number of likely N-dealkylation sites (tertiary alicyclic amines) is 1. The van der Waals surface area contributed by atoms with Gasteiger partial charge in [-0.3, -0.25) is 4.79 Å². The topological polar surface area (TPSA) is 66.6 Å². The van der Waals surface area contributed by atoms with Gasteiger partial charge in [-0.25, -0.2) is 0 Å². The Morgan fingerprint density at radius 2 is 1.50 bits per heavy atom. The third-order valence-electron chi connectivity index (χ3n) is 5.94. The van der Waals surface area contributed by atoms with Crippen molar-refractivity contribution in [3.63, 3.8) is 0 Å². The number of carbonyl (C=O) groups is 1. The van der Waals surface area contributed by atoms with Gasteiger partial charge < -0.3 is 15.7 Å². The Balaban J connectivity index is 0.00000256. The molecule has 1 aliphatic heterocycles. The Bertz CT molecular complexity index is 906. The summed E-state index contributed by atoms with van der Waals surface area (Å²) in [6.45, 7) is 1.41. The van der Waals surface area contributed by atoms with Crippen LogP contribution in [0.2, 0.25) is 0 Å². The van der Waals surface area contributed by atoms with E-state index in [-0.39, 0.29) is 31.0 Å². The van der Waals surface area contributed by atoms with Gasteiger partial charge in [-0.1, -0.05) is 66.3 Å². The molecule has 3 N–H and O–H groups in total. The van der Waals surface area contributed by atoms with Crippen LogP contribution in [-0.2, 0) is 4.79 Å². The van der Waals surface area contributed by atoms with E-state index in [2.05, 4.69) is 60.7 Å². The molecule has 4 nitrogen and oxygen atoms in total. The monoisotopic (exact) mass is 424 g/mol. The molecular formula is C25H29ClN2O2. The number of rotatable bonds is 4. The van der Waals surface area contributed by atoms with Crippen LogP contribution in [0.3, 0.4) is 0 Å². The number of carbonyl (C=O) groups excluding carboxylic acids is 1. The number of aliphatic hydroxyl groups excluding tert-OH is 1. The fraction of sp³-hybridized carbons (Fsp3) is 0.320. The highest BCUT2D eigenvalue weighted by Gasteiger charge is 2.24. The van der Waals surface area contributed by atoms with Crippen molar-refractivity contribution in [1.82, 2.24) is 4.90 Å². The molecule has 1 aliphatic carbocycles. The Morgan fingerprint density at radius 3 is 2.03 bits per heavy atom. The van der Waals surface area contributed by atoms with Crippen LogP contribution in [0.5, 0.6) is 0 Å². The van der Waals surface area contributed by atoms with Crippen LogP contribution in [0.15, 0.2) is 54.1 Å². The number of nitrogens with two attached hydrogens (primary N) is 1. The van der Waals surface area contributed by atoms with Crippen molar-refractivity contribution >= 4 is 36.0 Å². The third-order valence-corrected chi connectivity index (χ3v) is 5.94. The molecule has 0 unspecified atom stereocenters. The lowest BCUT2D eigenvalue weighted by Gasteiger charge is -2.31. The Labute approximate surface area is 184 Å². The van der Waals surface area contributed by atoms with Gasteiger partial charge in [0, 0.05) is 25.6 Å². The van der Waals surface area contributed by atoms with Gasteiger partial charge >= 0.3 is 0 Å². The van der Waals surface area contributed by atoms with Gasteiger partial charge in [-0.2, -0.15) is 0 Å². The molecule has 2 aromatic carbocycles. The van der Waals surface area contributed by atoms with Crippen molar-refractivity contribution in [2.24, 2.45) is 5.73 Å². The van der Waals surface area contributed by atoms with Gasteiger partial charge in [0.1, 0.15) is 0 Å². The maximum absolute atomic E-state index is 12.5. The fourth-order valence-electron chi connectivity index (χ4n) is 4.28. The van der Waals surface area contributed by atoms with E-state index in [0.29, 0.717) is 12.8 Å². The molecule has 0 spiro atoms. The zero-order valence-electron chi connectivity index (χ0n) is 17.1. The van der Waals surface area contributed by atoms with E-state index in [1.807, 2.05) is 4.90 Å². The van der Waals surface area contributed by atoms with Gasteiger partial charge in [0.25, 0.3) is 0 Å². The van der Waals surface area contributed by atoms with Crippen LogP contribution in [0.4, 0.5) is 0 Å². The molecule has 2 aromatic rings. The summed E-state index contributed by atoms with van der Waals surface area (Å²) in [5, 5.41) is 9.06. The lowest BCUT2D eigenvalue weighted by Crippen LogP contribution is -2.37. The minimum Gasteiger partial charge on any atom is -0.395 e. The molecule has 158 valence electrons. The van der Waals surface area contributed by atoms with Crippen LogP contribution < -0.4 is 5.73 Å². The third kappa shape index (κ3) is 4.67. The summed E-state index contributed by atoms with van der Waals surface area (Å²) in [4.78, 5) is 14.5. The minimum atomic E-state index is -0.312. The van der Waals surface area contributed by atoms with E-state index in [1.165, 1.54) is 33.4 Å². The van der Waals surface area contributed by atoms with E-state index in [1.54, 1.807) is 0 Å². The SMILES string of the molecule is Cl.N[C@H](CO)CCC(=O)N1CCC(=C2c3ccccc3C=Cc3ccccc32)CC1. The number of nitrogens with zero attached hydrogens (tertiary/aromatic N) is 1. The van der Waals surface area contributed by atoms with Crippen molar-refractivity contribution in [3.8, 4) is 0 Å². The maximum atomic E-state index is 12.5. The van der Waals surface area contributed by atoms with Crippen LogP contribution in [-0.4, -0.2) is 41.7 Å². The Hall–Kier alpha value is -2.40. The second kappa shape index (κ2) is 10.1. The average molecular weight is 425 g/mol. The smallest absolute Gasteiger partial charge is 0.222 e. The first-order valence-corrected chi connectivity index (χ1v) is 10.4. The van der Waals surface area contributed by atoms with Crippen molar-refractivity contribution in [2.75, 3.05) is 19.7 Å². The molecule has 5 heteroatoms. The van der Waals surface area contributed by atoms with Gasteiger partial charge in [-0.05, 0) is 47.1 Å². The second-order valence-corrected chi connectivity index (χ2v) is 7.85.